The smallest absolute Gasteiger partial charge is 0.168 e. The van der Waals surface area contributed by atoms with Crippen molar-refractivity contribution in [2.24, 2.45) is 11.8 Å². The summed E-state index contributed by atoms with van der Waals surface area (Å²) in [4.78, 5) is 6.19. The summed E-state index contributed by atoms with van der Waals surface area (Å²) in [6, 6.07) is 1.14. The summed E-state index contributed by atoms with van der Waals surface area (Å²) in [6.07, 6.45) is 1.99. The number of rotatable bonds is 4. The second kappa shape index (κ2) is 6.58. The fourth-order valence-electron chi connectivity index (χ4n) is 3.02. The fourth-order valence-corrected chi connectivity index (χ4v) is 3.02. The second-order valence-electron chi connectivity index (χ2n) is 6.26. The summed E-state index contributed by atoms with van der Waals surface area (Å²) in [5.41, 5.74) is 0. The summed E-state index contributed by atoms with van der Waals surface area (Å²) in [6.45, 7) is 9.79. The highest BCUT2D eigenvalue weighted by atomic mass is 19.1. The highest BCUT2D eigenvalue weighted by Gasteiger charge is 2.31. The molecular weight excluding hydrogens is 272 g/mol. The van der Waals surface area contributed by atoms with Crippen molar-refractivity contribution in [3.63, 3.8) is 0 Å². The Balaban J connectivity index is 2.33. The molecule has 2 rings (SSSR count). The van der Waals surface area contributed by atoms with Crippen LogP contribution in [0.2, 0.25) is 0 Å². The molecule has 0 amide bonds. The Morgan fingerprint density at radius 3 is 2.67 bits per heavy atom. The SMILES string of the molecule is CCCNc1nc(N2CC(C)CC(C)C2C)c(F)cc1F. The van der Waals surface area contributed by atoms with Crippen LogP contribution >= 0.6 is 0 Å². The highest BCUT2D eigenvalue weighted by molar-refractivity contribution is 5.50. The van der Waals surface area contributed by atoms with E-state index in [0.717, 1.165) is 25.5 Å². The number of halogens is 2. The molecule has 3 atom stereocenters. The van der Waals surface area contributed by atoms with Gasteiger partial charge in [0.2, 0.25) is 0 Å². The summed E-state index contributed by atoms with van der Waals surface area (Å²) in [5, 5.41) is 2.93. The monoisotopic (exact) mass is 297 g/mol. The fraction of sp³-hybridized carbons (Fsp3) is 0.688. The maximum atomic E-state index is 14.2. The normalized spacial score (nSPS) is 26.0. The van der Waals surface area contributed by atoms with E-state index >= 15 is 0 Å². The minimum atomic E-state index is -0.629. The Bertz CT molecular complexity index is 493. The number of nitrogens with one attached hydrogen (secondary N) is 1. The van der Waals surface area contributed by atoms with Crippen LogP contribution in [0.4, 0.5) is 20.4 Å². The molecule has 1 fully saturated rings. The zero-order chi connectivity index (χ0) is 15.6. The van der Waals surface area contributed by atoms with Gasteiger partial charge in [-0.3, -0.25) is 0 Å². The van der Waals surface area contributed by atoms with E-state index in [2.05, 4.69) is 31.1 Å². The second-order valence-corrected chi connectivity index (χ2v) is 6.26. The van der Waals surface area contributed by atoms with Gasteiger partial charge in [-0.15, -0.1) is 0 Å². The third-order valence-corrected chi connectivity index (χ3v) is 4.32. The number of nitrogens with zero attached hydrogens (tertiary/aromatic N) is 2. The Kier molecular flexibility index (Phi) is 5.01. The van der Waals surface area contributed by atoms with Crippen molar-refractivity contribution >= 4 is 11.6 Å². The van der Waals surface area contributed by atoms with Crippen molar-refractivity contribution in [1.29, 1.82) is 0 Å². The zero-order valence-corrected chi connectivity index (χ0v) is 13.3. The van der Waals surface area contributed by atoms with Gasteiger partial charge >= 0.3 is 0 Å². The Labute approximate surface area is 125 Å². The van der Waals surface area contributed by atoms with Gasteiger partial charge in [0.25, 0.3) is 0 Å². The first-order valence-electron chi connectivity index (χ1n) is 7.80. The standard InChI is InChI=1S/C16H25F2N3/c1-5-6-19-15-13(17)8-14(18)16(20-15)21-9-10(2)7-11(3)12(21)4/h8,10-12H,5-7,9H2,1-4H3,(H,19,20). The maximum Gasteiger partial charge on any atom is 0.168 e. The van der Waals surface area contributed by atoms with Crippen molar-refractivity contribution in [2.45, 2.75) is 46.6 Å². The topological polar surface area (TPSA) is 28.2 Å². The summed E-state index contributed by atoms with van der Waals surface area (Å²) >= 11 is 0. The summed E-state index contributed by atoms with van der Waals surface area (Å²) < 4.78 is 28.0. The van der Waals surface area contributed by atoms with E-state index in [1.807, 2.05) is 11.8 Å². The first-order chi connectivity index (χ1) is 9.93. The lowest BCUT2D eigenvalue weighted by Crippen LogP contribution is -2.46. The lowest BCUT2D eigenvalue weighted by Gasteiger charge is -2.42. The largest absolute Gasteiger partial charge is 0.368 e. The summed E-state index contributed by atoms with van der Waals surface area (Å²) in [5.74, 6) is 0.145. The zero-order valence-electron chi connectivity index (χ0n) is 13.3. The Hall–Kier alpha value is -1.39. The van der Waals surface area contributed by atoms with Gasteiger partial charge in [-0.25, -0.2) is 13.8 Å². The van der Waals surface area contributed by atoms with Gasteiger partial charge < -0.3 is 10.2 Å². The molecule has 0 saturated carbocycles. The van der Waals surface area contributed by atoms with E-state index in [1.165, 1.54) is 0 Å². The van der Waals surface area contributed by atoms with Gasteiger partial charge in [0.1, 0.15) is 0 Å². The molecule has 118 valence electrons. The minimum Gasteiger partial charge on any atom is -0.368 e. The molecule has 21 heavy (non-hydrogen) atoms. The number of aromatic nitrogens is 1. The van der Waals surface area contributed by atoms with Crippen LogP contribution in [-0.2, 0) is 0 Å². The highest BCUT2D eigenvalue weighted by Crippen LogP contribution is 2.32. The van der Waals surface area contributed by atoms with Crippen molar-refractivity contribution in [1.82, 2.24) is 4.98 Å². The molecule has 0 spiro atoms. The van der Waals surface area contributed by atoms with Gasteiger partial charge in [-0.1, -0.05) is 20.8 Å². The molecule has 1 aromatic rings. The van der Waals surface area contributed by atoms with Gasteiger partial charge in [0.05, 0.1) is 0 Å². The van der Waals surface area contributed by atoms with E-state index < -0.39 is 11.6 Å². The molecule has 1 N–H and O–H groups in total. The van der Waals surface area contributed by atoms with Gasteiger partial charge in [0.15, 0.2) is 23.3 Å². The molecule has 0 aliphatic carbocycles. The number of piperidine rings is 1. The van der Waals surface area contributed by atoms with Gasteiger partial charge in [-0.2, -0.15) is 0 Å². The van der Waals surface area contributed by atoms with Gasteiger partial charge in [-0.05, 0) is 31.6 Å². The van der Waals surface area contributed by atoms with Crippen LogP contribution < -0.4 is 10.2 Å². The molecule has 5 heteroatoms. The van der Waals surface area contributed by atoms with Gasteiger partial charge in [0, 0.05) is 25.2 Å². The third kappa shape index (κ3) is 3.44. The van der Waals surface area contributed by atoms with Crippen LogP contribution in [0.3, 0.4) is 0 Å². The first kappa shape index (κ1) is 16.0. The summed E-state index contributed by atoms with van der Waals surface area (Å²) in [7, 11) is 0. The Morgan fingerprint density at radius 2 is 2.00 bits per heavy atom. The molecule has 1 aliphatic rings. The average Bonchev–Trinajstić information content (AvgIpc) is 2.42. The molecule has 0 aromatic carbocycles. The predicted molar refractivity (Wildman–Crippen MR) is 82.7 cm³/mol. The van der Waals surface area contributed by atoms with Crippen LogP contribution in [0, 0.1) is 23.5 Å². The van der Waals surface area contributed by atoms with Crippen LogP contribution in [-0.4, -0.2) is 24.1 Å². The van der Waals surface area contributed by atoms with E-state index in [-0.39, 0.29) is 17.7 Å². The van der Waals surface area contributed by atoms with Crippen molar-refractivity contribution in [3.05, 3.63) is 17.7 Å². The lowest BCUT2D eigenvalue weighted by atomic mass is 9.86. The molecule has 2 heterocycles. The molecule has 1 saturated heterocycles. The molecule has 0 radical (unpaired) electrons. The predicted octanol–water partition coefficient (Wildman–Crippen LogP) is 4.05. The van der Waals surface area contributed by atoms with Crippen LogP contribution in [0.15, 0.2) is 6.07 Å². The number of hydrogen-bond donors (Lipinski definition) is 1. The van der Waals surface area contributed by atoms with E-state index in [0.29, 0.717) is 18.4 Å². The number of hydrogen-bond acceptors (Lipinski definition) is 3. The Morgan fingerprint density at radius 1 is 1.29 bits per heavy atom. The quantitative estimate of drug-likeness (QED) is 0.908. The van der Waals surface area contributed by atoms with Crippen LogP contribution in [0.1, 0.15) is 40.5 Å². The molecule has 0 bridgehead atoms. The third-order valence-electron chi connectivity index (χ3n) is 4.32. The van der Waals surface area contributed by atoms with Crippen LogP contribution in [0.25, 0.3) is 0 Å². The van der Waals surface area contributed by atoms with E-state index in [4.69, 9.17) is 0 Å². The number of pyridine rings is 1. The molecule has 3 nitrogen and oxygen atoms in total. The lowest BCUT2D eigenvalue weighted by molar-refractivity contribution is 0.293. The number of anilines is 2. The van der Waals surface area contributed by atoms with Crippen molar-refractivity contribution < 1.29 is 8.78 Å². The molecule has 1 aromatic heterocycles. The van der Waals surface area contributed by atoms with E-state index in [1.54, 1.807) is 0 Å². The first-order valence-corrected chi connectivity index (χ1v) is 7.80. The molecule has 1 aliphatic heterocycles. The minimum absolute atomic E-state index is 0.145. The van der Waals surface area contributed by atoms with Crippen molar-refractivity contribution in [2.75, 3.05) is 23.3 Å². The molecule has 3 unspecified atom stereocenters. The maximum absolute atomic E-state index is 14.2. The van der Waals surface area contributed by atoms with E-state index in [9.17, 15) is 8.78 Å². The van der Waals surface area contributed by atoms with Crippen LogP contribution in [0.5, 0.6) is 0 Å². The average molecular weight is 297 g/mol. The van der Waals surface area contributed by atoms with Crippen molar-refractivity contribution in [3.8, 4) is 0 Å². The molecular formula is C16H25F2N3.